The Labute approximate surface area is 165 Å². The van der Waals surface area contributed by atoms with Gasteiger partial charge in [-0.15, -0.1) is 0 Å². The van der Waals surface area contributed by atoms with Crippen LogP contribution in [-0.2, 0) is 19.6 Å². The molecule has 10 heteroatoms. The molecule has 0 saturated carbocycles. The molecule has 1 aliphatic heterocycles. The first kappa shape index (κ1) is 22.1. The van der Waals surface area contributed by atoms with Crippen molar-refractivity contribution >= 4 is 21.6 Å². The Morgan fingerprint density at radius 3 is 2.68 bits per heavy atom. The normalized spacial score (nSPS) is 15.2. The molecule has 1 aromatic carbocycles. The van der Waals surface area contributed by atoms with Crippen molar-refractivity contribution < 1.29 is 27.6 Å². The lowest BCUT2D eigenvalue weighted by Crippen LogP contribution is -3.14. The van der Waals surface area contributed by atoms with Crippen LogP contribution in [0.25, 0.3) is 0 Å². The van der Waals surface area contributed by atoms with Gasteiger partial charge in [-0.25, -0.2) is 8.42 Å². The summed E-state index contributed by atoms with van der Waals surface area (Å²) in [6, 6.07) is 6.48. The van der Waals surface area contributed by atoms with E-state index in [0.717, 1.165) is 13.1 Å². The Hall–Kier alpha value is -2.19. The van der Waals surface area contributed by atoms with Gasteiger partial charge in [-0.05, 0) is 18.2 Å². The van der Waals surface area contributed by atoms with Crippen LogP contribution in [0.2, 0.25) is 0 Å². The SMILES string of the molecule is COc1ccc(NC(C)=O)cc1S(=O)(=O)N(CCC#N)CC[NH+]1CCOCC1. The van der Waals surface area contributed by atoms with E-state index < -0.39 is 10.0 Å². The van der Waals surface area contributed by atoms with Crippen LogP contribution in [-0.4, -0.2) is 71.7 Å². The first-order valence-electron chi connectivity index (χ1n) is 9.12. The Balaban J connectivity index is 2.29. The molecule has 9 nitrogen and oxygen atoms in total. The highest BCUT2D eigenvalue weighted by Gasteiger charge is 2.29. The van der Waals surface area contributed by atoms with Crippen molar-refractivity contribution in [2.45, 2.75) is 18.2 Å². The zero-order chi connectivity index (χ0) is 20.6. The van der Waals surface area contributed by atoms with Crippen molar-refractivity contribution in [3.63, 3.8) is 0 Å². The number of rotatable bonds is 9. The zero-order valence-electron chi connectivity index (χ0n) is 16.2. The van der Waals surface area contributed by atoms with Gasteiger partial charge < -0.3 is 19.7 Å². The highest BCUT2D eigenvalue weighted by atomic mass is 32.2. The predicted molar refractivity (Wildman–Crippen MR) is 103 cm³/mol. The fourth-order valence-corrected chi connectivity index (χ4v) is 4.64. The maximum atomic E-state index is 13.3. The van der Waals surface area contributed by atoms with E-state index in [9.17, 15) is 13.2 Å². The second kappa shape index (κ2) is 10.4. The monoisotopic (exact) mass is 411 g/mol. The van der Waals surface area contributed by atoms with Crippen molar-refractivity contribution in [1.29, 1.82) is 5.26 Å². The highest BCUT2D eigenvalue weighted by Crippen LogP contribution is 2.29. The molecular formula is C18H27N4O5S+. The lowest BCUT2D eigenvalue weighted by Gasteiger charge is -2.27. The van der Waals surface area contributed by atoms with Gasteiger partial charge in [0, 0.05) is 25.6 Å². The summed E-state index contributed by atoms with van der Waals surface area (Å²) in [5.74, 6) is -0.111. The fourth-order valence-electron chi connectivity index (χ4n) is 3.02. The number of hydrogen-bond acceptors (Lipinski definition) is 6. The van der Waals surface area contributed by atoms with Crippen LogP contribution in [0.4, 0.5) is 5.69 Å². The van der Waals surface area contributed by atoms with Gasteiger partial charge in [0.15, 0.2) is 0 Å². The molecule has 0 spiro atoms. The van der Waals surface area contributed by atoms with E-state index in [1.165, 1.54) is 35.4 Å². The second-order valence-electron chi connectivity index (χ2n) is 6.47. The molecule has 1 heterocycles. The van der Waals surface area contributed by atoms with Crippen LogP contribution < -0.4 is 15.0 Å². The largest absolute Gasteiger partial charge is 0.495 e. The van der Waals surface area contributed by atoms with E-state index in [0.29, 0.717) is 25.4 Å². The third-order valence-electron chi connectivity index (χ3n) is 4.49. The van der Waals surface area contributed by atoms with E-state index >= 15 is 0 Å². The van der Waals surface area contributed by atoms with Crippen LogP contribution in [0.3, 0.4) is 0 Å². The van der Waals surface area contributed by atoms with Gasteiger partial charge in [0.1, 0.15) is 23.7 Å². The lowest BCUT2D eigenvalue weighted by molar-refractivity contribution is -0.907. The average molecular weight is 412 g/mol. The molecule has 1 aliphatic rings. The number of carbonyl (C=O) groups is 1. The molecule has 0 aromatic heterocycles. The minimum Gasteiger partial charge on any atom is -0.495 e. The number of methoxy groups -OCH3 is 1. The number of hydrogen-bond donors (Lipinski definition) is 2. The summed E-state index contributed by atoms with van der Waals surface area (Å²) in [4.78, 5) is 12.6. The first-order valence-corrected chi connectivity index (χ1v) is 10.6. The average Bonchev–Trinajstić information content (AvgIpc) is 2.68. The summed E-state index contributed by atoms with van der Waals surface area (Å²) in [6.45, 7) is 5.33. The number of nitrogens with one attached hydrogen (secondary N) is 2. The number of amides is 1. The van der Waals surface area contributed by atoms with Crippen molar-refractivity contribution in [3.05, 3.63) is 18.2 Å². The van der Waals surface area contributed by atoms with Crippen molar-refractivity contribution in [2.24, 2.45) is 0 Å². The molecule has 1 amide bonds. The summed E-state index contributed by atoms with van der Waals surface area (Å²) in [5, 5.41) is 11.5. The minimum atomic E-state index is -3.91. The standard InChI is InChI=1S/C18H26N4O5S/c1-15(23)20-16-4-5-17(26-2)18(14-16)28(24,25)22(7-3-6-19)9-8-21-10-12-27-13-11-21/h4-5,14H,3,7-13H2,1-2H3,(H,20,23)/p+1. The molecule has 0 radical (unpaired) electrons. The smallest absolute Gasteiger partial charge is 0.247 e. The van der Waals surface area contributed by atoms with Gasteiger partial charge in [-0.3, -0.25) is 4.79 Å². The Morgan fingerprint density at radius 1 is 1.36 bits per heavy atom. The highest BCUT2D eigenvalue weighted by molar-refractivity contribution is 7.89. The van der Waals surface area contributed by atoms with E-state index in [2.05, 4.69) is 5.32 Å². The summed E-state index contributed by atoms with van der Waals surface area (Å²) in [6.07, 6.45) is 0.0887. The van der Waals surface area contributed by atoms with E-state index in [1.54, 1.807) is 6.07 Å². The molecular weight excluding hydrogens is 384 g/mol. The number of nitriles is 1. The molecule has 0 bridgehead atoms. The van der Waals surface area contributed by atoms with Gasteiger partial charge in [0.05, 0.1) is 39.5 Å². The van der Waals surface area contributed by atoms with Crippen molar-refractivity contribution in [2.75, 3.05) is 58.4 Å². The topological polar surface area (TPSA) is 113 Å². The lowest BCUT2D eigenvalue weighted by atomic mass is 10.3. The third-order valence-corrected chi connectivity index (χ3v) is 6.41. The number of sulfonamides is 1. The molecule has 0 aliphatic carbocycles. The Kier molecular flexibility index (Phi) is 8.19. The zero-order valence-corrected chi connectivity index (χ0v) is 17.0. The maximum absolute atomic E-state index is 13.3. The number of anilines is 1. The molecule has 2 rings (SSSR count). The molecule has 0 unspecified atom stereocenters. The molecule has 0 atom stereocenters. The molecule has 1 saturated heterocycles. The van der Waals surface area contributed by atoms with Crippen molar-refractivity contribution in [3.8, 4) is 11.8 Å². The molecule has 2 N–H and O–H groups in total. The summed E-state index contributed by atoms with van der Waals surface area (Å²) in [5.41, 5.74) is 0.367. The Morgan fingerprint density at radius 2 is 2.07 bits per heavy atom. The fraction of sp³-hybridized carbons (Fsp3) is 0.556. The number of nitrogens with zero attached hydrogens (tertiary/aromatic N) is 2. The molecule has 28 heavy (non-hydrogen) atoms. The van der Waals surface area contributed by atoms with Crippen LogP contribution in [0.1, 0.15) is 13.3 Å². The van der Waals surface area contributed by atoms with Gasteiger partial charge in [0.25, 0.3) is 0 Å². The third kappa shape index (κ3) is 5.90. The summed E-state index contributed by atoms with van der Waals surface area (Å²) < 4.78 is 38.5. The van der Waals surface area contributed by atoms with E-state index in [4.69, 9.17) is 14.7 Å². The number of benzene rings is 1. The number of quaternary nitrogens is 1. The quantitative estimate of drug-likeness (QED) is 0.565. The first-order chi connectivity index (χ1) is 13.4. The van der Waals surface area contributed by atoms with Gasteiger partial charge in [0.2, 0.25) is 15.9 Å². The Bertz CT molecular complexity index is 816. The van der Waals surface area contributed by atoms with Gasteiger partial charge >= 0.3 is 0 Å². The number of morpholine rings is 1. The van der Waals surface area contributed by atoms with Crippen LogP contribution in [0, 0.1) is 11.3 Å². The summed E-state index contributed by atoms with van der Waals surface area (Å²) in [7, 11) is -2.52. The number of carbonyl (C=O) groups excluding carboxylic acids is 1. The van der Waals surface area contributed by atoms with Crippen LogP contribution >= 0.6 is 0 Å². The summed E-state index contributed by atoms with van der Waals surface area (Å²) >= 11 is 0. The maximum Gasteiger partial charge on any atom is 0.247 e. The minimum absolute atomic E-state index is 0.0313. The van der Waals surface area contributed by atoms with Crippen molar-refractivity contribution in [1.82, 2.24) is 4.31 Å². The molecule has 1 fully saturated rings. The molecule has 1 aromatic rings. The van der Waals surface area contributed by atoms with E-state index in [1.807, 2.05) is 6.07 Å². The van der Waals surface area contributed by atoms with Gasteiger partial charge in [-0.2, -0.15) is 9.57 Å². The van der Waals surface area contributed by atoms with Crippen LogP contribution in [0.5, 0.6) is 5.75 Å². The predicted octanol–water partition coefficient (Wildman–Crippen LogP) is -0.527. The molecule has 154 valence electrons. The van der Waals surface area contributed by atoms with Crippen LogP contribution in [0.15, 0.2) is 23.1 Å². The van der Waals surface area contributed by atoms with E-state index in [-0.39, 0.29) is 36.1 Å². The number of ether oxygens (including phenoxy) is 2. The second-order valence-corrected chi connectivity index (χ2v) is 8.38. The van der Waals surface area contributed by atoms with Gasteiger partial charge in [-0.1, -0.05) is 0 Å².